The van der Waals surface area contributed by atoms with E-state index < -0.39 is 0 Å². The van der Waals surface area contributed by atoms with Crippen molar-refractivity contribution < 1.29 is 9.13 Å². The van der Waals surface area contributed by atoms with Gasteiger partial charge in [0.25, 0.3) is 0 Å². The van der Waals surface area contributed by atoms with Crippen LogP contribution in [0, 0.1) is 11.2 Å². The van der Waals surface area contributed by atoms with Crippen molar-refractivity contribution in [3.63, 3.8) is 0 Å². The Labute approximate surface area is 148 Å². The zero-order chi connectivity index (χ0) is 17.3. The van der Waals surface area contributed by atoms with Gasteiger partial charge in [0.05, 0.1) is 7.11 Å². The van der Waals surface area contributed by atoms with Gasteiger partial charge in [0, 0.05) is 11.4 Å². The Bertz CT molecular complexity index is 739. The zero-order valence-corrected chi connectivity index (χ0v) is 15.3. The molecule has 24 heavy (non-hydrogen) atoms. The molecule has 3 rings (SSSR count). The molecule has 0 heterocycles. The smallest absolute Gasteiger partial charge is 0.131 e. The van der Waals surface area contributed by atoms with Gasteiger partial charge in [0.15, 0.2) is 0 Å². The third kappa shape index (κ3) is 3.17. The number of methoxy groups -OCH3 is 1. The van der Waals surface area contributed by atoms with Gasteiger partial charge in [0.2, 0.25) is 0 Å². The molecule has 0 amide bonds. The Morgan fingerprint density at radius 2 is 1.96 bits per heavy atom. The molecule has 0 aromatic heterocycles. The van der Waals surface area contributed by atoms with Crippen LogP contribution >= 0.6 is 11.6 Å². The molecule has 1 fully saturated rings. The van der Waals surface area contributed by atoms with E-state index >= 15 is 0 Å². The molecule has 0 spiro atoms. The Morgan fingerprint density at radius 3 is 2.58 bits per heavy atom. The van der Waals surface area contributed by atoms with Gasteiger partial charge in [-0.1, -0.05) is 38.5 Å². The molecule has 2 aromatic rings. The van der Waals surface area contributed by atoms with Crippen molar-refractivity contribution in [3.8, 4) is 16.9 Å². The third-order valence-electron chi connectivity index (χ3n) is 5.37. The normalized spacial score (nSPS) is 19.5. The summed E-state index contributed by atoms with van der Waals surface area (Å²) < 4.78 is 19.8. The molecule has 0 aliphatic heterocycles. The highest BCUT2D eigenvalue weighted by Crippen LogP contribution is 2.51. The van der Waals surface area contributed by atoms with Gasteiger partial charge in [-0.05, 0) is 59.1 Å². The number of hydrogen-bond donors (Lipinski definition) is 0. The first-order valence-corrected chi connectivity index (χ1v) is 9.02. The van der Waals surface area contributed by atoms with Crippen LogP contribution in [0.25, 0.3) is 11.1 Å². The fourth-order valence-corrected chi connectivity index (χ4v) is 4.14. The Hall–Kier alpha value is -1.54. The van der Waals surface area contributed by atoms with Crippen molar-refractivity contribution in [2.75, 3.05) is 7.11 Å². The fourth-order valence-electron chi connectivity index (χ4n) is 3.97. The van der Waals surface area contributed by atoms with Gasteiger partial charge in [-0.2, -0.15) is 0 Å². The number of benzene rings is 2. The molecule has 1 aliphatic rings. The molecular weight excluding hydrogens is 323 g/mol. The SMILES string of the molecule is COc1ccc(F)c(-c2ccc(CCl)cc2C2CCCC2(C)C)c1. The lowest BCUT2D eigenvalue weighted by Crippen LogP contribution is -2.16. The molecule has 128 valence electrons. The molecule has 3 heteroatoms. The van der Waals surface area contributed by atoms with Crippen molar-refractivity contribution in [3.05, 3.63) is 53.3 Å². The highest BCUT2D eigenvalue weighted by molar-refractivity contribution is 6.17. The lowest BCUT2D eigenvalue weighted by molar-refractivity contribution is 0.332. The van der Waals surface area contributed by atoms with Crippen LogP contribution in [0.3, 0.4) is 0 Å². The third-order valence-corrected chi connectivity index (χ3v) is 5.68. The Kier molecular flexibility index (Phi) is 4.87. The summed E-state index contributed by atoms with van der Waals surface area (Å²) in [5.41, 5.74) is 4.08. The maximum Gasteiger partial charge on any atom is 0.131 e. The highest BCUT2D eigenvalue weighted by atomic mass is 35.5. The maximum absolute atomic E-state index is 14.6. The maximum atomic E-state index is 14.6. The van der Waals surface area contributed by atoms with Gasteiger partial charge >= 0.3 is 0 Å². The zero-order valence-electron chi connectivity index (χ0n) is 14.5. The summed E-state index contributed by atoms with van der Waals surface area (Å²) in [6, 6.07) is 11.1. The quantitative estimate of drug-likeness (QED) is 0.571. The summed E-state index contributed by atoms with van der Waals surface area (Å²) in [6.45, 7) is 4.62. The molecule has 0 saturated heterocycles. The summed E-state index contributed by atoms with van der Waals surface area (Å²) in [7, 11) is 1.61. The van der Waals surface area contributed by atoms with Gasteiger partial charge in [-0.3, -0.25) is 0 Å². The van der Waals surface area contributed by atoms with Gasteiger partial charge in [0.1, 0.15) is 11.6 Å². The second kappa shape index (κ2) is 6.76. The number of ether oxygens (including phenoxy) is 1. The van der Waals surface area contributed by atoms with Crippen LogP contribution in [0.4, 0.5) is 4.39 Å². The first kappa shape index (κ1) is 17.3. The first-order chi connectivity index (χ1) is 11.5. The average Bonchev–Trinajstić information content (AvgIpc) is 2.94. The van der Waals surface area contributed by atoms with E-state index in [2.05, 4.69) is 19.9 Å². The summed E-state index contributed by atoms with van der Waals surface area (Å²) in [4.78, 5) is 0. The molecule has 0 radical (unpaired) electrons. The van der Waals surface area contributed by atoms with E-state index in [9.17, 15) is 4.39 Å². The summed E-state index contributed by atoms with van der Waals surface area (Å²) in [5, 5.41) is 0. The average molecular weight is 347 g/mol. The van der Waals surface area contributed by atoms with Crippen molar-refractivity contribution >= 4 is 11.6 Å². The molecule has 1 saturated carbocycles. The van der Waals surface area contributed by atoms with Crippen LogP contribution in [0.5, 0.6) is 5.75 Å². The Morgan fingerprint density at radius 1 is 1.17 bits per heavy atom. The number of halogens is 2. The van der Waals surface area contributed by atoms with E-state index in [1.165, 1.54) is 24.5 Å². The van der Waals surface area contributed by atoms with Crippen LogP contribution in [-0.4, -0.2) is 7.11 Å². The monoisotopic (exact) mass is 346 g/mol. The standard InChI is InChI=1S/C21H24ClFO/c1-21(2)10-4-5-19(21)17-11-14(13-22)6-8-16(17)18-12-15(24-3)7-9-20(18)23/h6-9,11-12,19H,4-5,10,13H2,1-3H3. The molecule has 1 nitrogen and oxygen atoms in total. The fraction of sp³-hybridized carbons (Fsp3) is 0.429. The van der Waals surface area contributed by atoms with Crippen LogP contribution in [0.2, 0.25) is 0 Å². The molecule has 1 atom stereocenters. The lowest BCUT2D eigenvalue weighted by Gasteiger charge is -2.30. The number of rotatable bonds is 4. The molecule has 0 N–H and O–H groups in total. The molecule has 0 bridgehead atoms. The van der Waals surface area contributed by atoms with Crippen LogP contribution in [0.1, 0.15) is 50.2 Å². The van der Waals surface area contributed by atoms with Crippen LogP contribution < -0.4 is 4.74 Å². The molecule has 1 aliphatic carbocycles. The summed E-state index contributed by atoms with van der Waals surface area (Å²) >= 11 is 6.06. The minimum Gasteiger partial charge on any atom is -0.497 e. The van der Waals surface area contributed by atoms with E-state index in [-0.39, 0.29) is 11.2 Å². The highest BCUT2D eigenvalue weighted by Gasteiger charge is 2.37. The summed E-state index contributed by atoms with van der Waals surface area (Å²) in [5.74, 6) is 1.35. The topological polar surface area (TPSA) is 9.23 Å². The van der Waals surface area contributed by atoms with Crippen LogP contribution in [-0.2, 0) is 5.88 Å². The molecular formula is C21H24ClFO. The van der Waals surface area contributed by atoms with Gasteiger partial charge in [-0.15, -0.1) is 11.6 Å². The van der Waals surface area contributed by atoms with Gasteiger partial charge < -0.3 is 4.74 Å². The van der Waals surface area contributed by atoms with Crippen molar-refractivity contribution in [2.45, 2.75) is 44.9 Å². The van der Waals surface area contributed by atoms with E-state index in [1.807, 2.05) is 12.1 Å². The lowest BCUT2D eigenvalue weighted by atomic mass is 9.75. The van der Waals surface area contributed by atoms with Crippen molar-refractivity contribution in [2.24, 2.45) is 5.41 Å². The minimum absolute atomic E-state index is 0.216. The molecule has 2 aromatic carbocycles. The predicted octanol–water partition coefficient (Wildman–Crippen LogP) is 6.53. The van der Waals surface area contributed by atoms with E-state index in [1.54, 1.807) is 19.2 Å². The Balaban J connectivity index is 2.18. The van der Waals surface area contributed by atoms with Crippen molar-refractivity contribution in [1.29, 1.82) is 0 Å². The van der Waals surface area contributed by atoms with Crippen molar-refractivity contribution in [1.82, 2.24) is 0 Å². The minimum atomic E-state index is -0.216. The number of alkyl halides is 1. The first-order valence-electron chi connectivity index (χ1n) is 8.49. The van der Waals surface area contributed by atoms with Gasteiger partial charge in [-0.25, -0.2) is 4.39 Å². The second-order valence-corrected chi connectivity index (χ2v) is 7.60. The van der Waals surface area contributed by atoms with E-state index in [0.29, 0.717) is 23.1 Å². The van der Waals surface area contributed by atoms with E-state index in [4.69, 9.17) is 16.3 Å². The molecule has 1 unspecified atom stereocenters. The van der Waals surface area contributed by atoms with E-state index in [0.717, 1.165) is 17.5 Å². The van der Waals surface area contributed by atoms with Crippen LogP contribution in [0.15, 0.2) is 36.4 Å². The second-order valence-electron chi connectivity index (χ2n) is 7.33. The largest absolute Gasteiger partial charge is 0.497 e. The number of hydrogen-bond acceptors (Lipinski definition) is 1. The summed E-state index contributed by atoms with van der Waals surface area (Å²) in [6.07, 6.45) is 3.54. The predicted molar refractivity (Wildman–Crippen MR) is 98.3 cm³/mol.